The zero-order chi connectivity index (χ0) is 13.4. The Hall–Kier alpha value is -2.50. The number of nitrogens with one attached hydrogen (secondary N) is 2. The molecule has 0 aliphatic carbocycles. The first-order valence-electron chi connectivity index (χ1n) is 5.31. The number of carbonyl (C=O) groups is 2. The highest BCUT2D eigenvalue weighted by atomic mass is 16.5. The van der Waals surface area contributed by atoms with E-state index in [0.717, 1.165) is 12.3 Å². The van der Waals surface area contributed by atoms with Gasteiger partial charge in [-0.2, -0.15) is 0 Å². The van der Waals surface area contributed by atoms with Crippen molar-refractivity contribution in [3.8, 4) is 5.75 Å². The third-order valence-corrected chi connectivity index (χ3v) is 1.86. The molecule has 2 amide bonds. The molecular formula is C12H14N2O4. The van der Waals surface area contributed by atoms with Crippen molar-refractivity contribution in [2.45, 2.75) is 6.92 Å². The summed E-state index contributed by atoms with van der Waals surface area (Å²) in [5, 5.41) is 13.1. The van der Waals surface area contributed by atoms with Gasteiger partial charge in [-0.05, 0) is 31.2 Å². The smallest absolute Gasteiger partial charge is 0.329 e. The lowest BCUT2D eigenvalue weighted by atomic mass is 10.3. The van der Waals surface area contributed by atoms with Crippen molar-refractivity contribution in [3.05, 3.63) is 36.5 Å². The van der Waals surface area contributed by atoms with Gasteiger partial charge in [0.15, 0.2) is 0 Å². The number of carboxylic acid groups (broad SMARTS) is 1. The van der Waals surface area contributed by atoms with E-state index in [1.165, 1.54) is 0 Å². The number of hydrogen-bond acceptors (Lipinski definition) is 3. The number of anilines is 1. The van der Waals surface area contributed by atoms with Gasteiger partial charge in [0.2, 0.25) is 0 Å². The first-order valence-corrected chi connectivity index (χ1v) is 5.31. The van der Waals surface area contributed by atoms with Crippen molar-refractivity contribution in [2.24, 2.45) is 0 Å². The van der Waals surface area contributed by atoms with Gasteiger partial charge >= 0.3 is 12.0 Å². The van der Waals surface area contributed by atoms with E-state index < -0.39 is 12.0 Å². The van der Waals surface area contributed by atoms with Gasteiger partial charge in [0, 0.05) is 18.0 Å². The van der Waals surface area contributed by atoms with Crippen LogP contribution >= 0.6 is 0 Å². The maximum Gasteiger partial charge on any atom is 0.329 e. The topological polar surface area (TPSA) is 87.7 Å². The molecule has 0 aliphatic heterocycles. The van der Waals surface area contributed by atoms with Crippen LogP contribution in [0.15, 0.2) is 36.5 Å². The molecule has 3 N–H and O–H groups in total. The summed E-state index contributed by atoms with van der Waals surface area (Å²) in [7, 11) is 0. The van der Waals surface area contributed by atoms with Gasteiger partial charge in [0.05, 0.1) is 6.61 Å². The van der Waals surface area contributed by atoms with Gasteiger partial charge in [-0.15, -0.1) is 0 Å². The van der Waals surface area contributed by atoms with Crippen LogP contribution in [0.1, 0.15) is 6.92 Å². The van der Waals surface area contributed by atoms with Crippen LogP contribution in [0.5, 0.6) is 5.75 Å². The monoisotopic (exact) mass is 250 g/mol. The normalized spacial score (nSPS) is 10.1. The average Bonchev–Trinajstić information content (AvgIpc) is 2.31. The Morgan fingerprint density at radius 1 is 1.33 bits per heavy atom. The van der Waals surface area contributed by atoms with Gasteiger partial charge in [-0.1, -0.05) is 0 Å². The summed E-state index contributed by atoms with van der Waals surface area (Å²) < 4.78 is 5.25. The summed E-state index contributed by atoms with van der Waals surface area (Å²) in [5.41, 5.74) is 0.583. The number of urea groups is 1. The summed E-state index contributed by atoms with van der Waals surface area (Å²) in [6.45, 7) is 2.46. The standard InChI is InChI=1S/C12H14N2O4/c1-2-18-10-5-3-9(4-6-10)14-12(17)13-8-7-11(15)16/h3-8H,2H2,1H3,(H,15,16)(H2,13,14,17)/b8-7+. The first kappa shape index (κ1) is 13.6. The van der Waals surface area contributed by atoms with E-state index in [0.29, 0.717) is 18.0 Å². The minimum atomic E-state index is -1.13. The lowest BCUT2D eigenvalue weighted by molar-refractivity contribution is -0.131. The Bertz CT molecular complexity index is 440. The van der Waals surface area contributed by atoms with Crippen LogP contribution in [0.2, 0.25) is 0 Å². The number of benzene rings is 1. The molecule has 0 unspecified atom stereocenters. The SMILES string of the molecule is CCOc1ccc(NC(=O)N/C=C/C(=O)O)cc1. The molecule has 96 valence electrons. The summed E-state index contributed by atoms with van der Waals surface area (Å²) >= 11 is 0. The average molecular weight is 250 g/mol. The number of carbonyl (C=O) groups excluding carboxylic acids is 1. The fourth-order valence-corrected chi connectivity index (χ4v) is 1.16. The maximum atomic E-state index is 11.3. The van der Waals surface area contributed by atoms with Gasteiger partial charge < -0.3 is 20.5 Å². The van der Waals surface area contributed by atoms with Crippen molar-refractivity contribution in [2.75, 3.05) is 11.9 Å². The van der Waals surface area contributed by atoms with Crippen molar-refractivity contribution < 1.29 is 19.4 Å². The van der Waals surface area contributed by atoms with Crippen molar-refractivity contribution >= 4 is 17.7 Å². The third kappa shape index (κ3) is 5.02. The molecule has 0 spiro atoms. The largest absolute Gasteiger partial charge is 0.494 e. The number of amides is 2. The number of ether oxygens (including phenoxy) is 1. The van der Waals surface area contributed by atoms with Gasteiger partial charge in [-0.25, -0.2) is 9.59 Å². The van der Waals surface area contributed by atoms with Gasteiger partial charge in [-0.3, -0.25) is 0 Å². The summed E-state index contributed by atoms with van der Waals surface area (Å²) in [4.78, 5) is 21.5. The minimum absolute atomic E-state index is 0.517. The zero-order valence-electron chi connectivity index (χ0n) is 9.84. The van der Waals surface area contributed by atoms with Gasteiger partial charge in [0.25, 0.3) is 0 Å². The van der Waals surface area contributed by atoms with Crippen molar-refractivity contribution in [1.29, 1.82) is 0 Å². The molecule has 6 heteroatoms. The Morgan fingerprint density at radius 3 is 2.56 bits per heavy atom. The Kier molecular flexibility index (Phi) is 5.24. The molecule has 0 aliphatic rings. The van der Waals surface area contributed by atoms with E-state index in [1.807, 2.05) is 6.92 Å². The van der Waals surface area contributed by atoms with Crippen molar-refractivity contribution in [3.63, 3.8) is 0 Å². The summed E-state index contributed by atoms with van der Waals surface area (Å²) in [5.74, 6) is -0.411. The molecule has 1 aromatic rings. The Labute approximate surface area is 104 Å². The molecular weight excluding hydrogens is 236 g/mol. The van der Waals surface area contributed by atoms with Crippen LogP contribution in [0.25, 0.3) is 0 Å². The lowest BCUT2D eigenvalue weighted by Crippen LogP contribution is -2.24. The van der Waals surface area contributed by atoms with E-state index in [9.17, 15) is 9.59 Å². The lowest BCUT2D eigenvalue weighted by Gasteiger charge is -2.06. The second kappa shape index (κ2) is 6.95. The predicted octanol–water partition coefficient (Wildman–Crippen LogP) is 1.81. The van der Waals surface area contributed by atoms with Crippen LogP contribution in [0.3, 0.4) is 0 Å². The highest BCUT2D eigenvalue weighted by Crippen LogP contribution is 2.15. The molecule has 0 fully saturated rings. The Balaban J connectivity index is 2.46. The molecule has 0 saturated heterocycles. The molecule has 1 aromatic carbocycles. The number of hydrogen-bond donors (Lipinski definition) is 3. The van der Waals surface area contributed by atoms with Crippen molar-refractivity contribution in [1.82, 2.24) is 5.32 Å². The second-order valence-electron chi connectivity index (χ2n) is 3.23. The maximum absolute atomic E-state index is 11.3. The molecule has 0 atom stereocenters. The highest BCUT2D eigenvalue weighted by molar-refractivity contribution is 5.90. The molecule has 0 radical (unpaired) electrons. The van der Waals surface area contributed by atoms with Crippen LogP contribution in [0.4, 0.5) is 10.5 Å². The fraction of sp³-hybridized carbons (Fsp3) is 0.167. The molecule has 0 heterocycles. The third-order valence-electron chi connectivity index (χ3n) is 1.86. The van der Waals surface area contributed by atoms with E-state index in [1.54, 1.807) is 24.3 Å². The first-order chi connectivity index (χ1) is 8.61. The molecule has 0 aromatic heterocycles. The predicted molar refractivity (Wildman–Crippen MR) is 66.5 cm³/mol. The van der Waals surface area contributed by atoms with E-state index >= 15 is 0 Å². The van der Waals surface area contributed by atoms with Gasteiger partial charge in [0.1, 0.15) is 5.75 Å². The summed E-state index contributed by atoms with van der Waals surface area (Å²) in [6, 6.07) is 6.31. The number of aliphatic carboxylic acids is 1. The molecule has 18 heavy (non-hydrogen) atoms. The molecule has 1 rings (SSSR count). The van der Waals surface area contributed by atoms with E-state index in [-0.39, 0.29) is 0 Å². The zero-order valence-corrected chi connectivity index (χ0v) is 9.84. The fourth-order valence-electron chi connectivity index (χ4n) is 1.16. The van der Waals surface area contributed by atoms with E-state index in [4.69, 9.17) is 9.84 Å². The Morgan fingerprint density at radius 2 is 2.00 bits per heavy atom. The van der Waals surface area contributed by atoms with Crippen LogP contribution in [0, 0.1) is 0 Å². The number of rotatable bonds is 5. The molecule has 0 saturated carbocycles. The molecule has 0 bridgehead atoms. The minimum Gasteiger partial charge on any atom is -0.494 e. The highest BCUT2D eigenvalue weighted by Gasteiger charge is 1.99. The van der Waals surface area contributed by atoms with Crippen LogP contribution < -0.4 is 15.4 Å². The summed E-state index contributed by atoms with van der Waals surface area (Å²) in [6.07, 6.45) is 1.88. The second-order valence-corrected chi connectivity index (χ2v) is 3.23. The van der Waals surface area contributed by atoms with E-state index in [2.05, 4.69) is 10.6 Å². The number of carboxylic acids is 1. The quantitative estimate of drug-likeness (QED) is 0.695. The van der Waals surface area contributed by atoms with Crippen LogP contribution in [-0.2, 0) is 4.79 Å². The molecule has 6 nitrogen and oxygen atoms in total. The van der Waals surface area contributed by atoms with Crippen LogP contribution in [-0.4, -0.2) is 23.7 Å².